The van der Waals surface area contributed by atoms with E-state index >= 15 is 0 Å². The molecule has 0 saturated carbocycles. The fourth-order valence-corrected chi connectivity index (χ4v) is 2.15. The van der Waals surface area contributed by atoms with Crippen LogP contribution in [0, 0.1) is 0 Å². The molecule has 0 saturated heterocycles. The Morgan fingerprint density at radius 2 is 2.10 bits per heavy atom. The van der Waals surface area contributed by atoms with Crippen molar-refractivity contribution in [2.24, 2.45) is 0 Å². The fraction of sp³-hybridized carbons (Fsp3) is 0.412. The van der Waals surface area contributed by atoms with Crippen LogP contribution in [-0.2, 0) is 16.1 Å². The van der Waals surface area contributed by atoms with Gasteiger partial charge in [0.25, 0.3) is 0 Å². The van der Waals surface area contributed by atoms with Crippen molar-refractivity contribution < 1.29 is 13.9 Å². The summed E-state index contributed by atoms with van der Waals surface area (Å²) in [6.45, 7) is 3.96. The Bertz CT molecular complexity index is 511. The van der Waals surface area contributed by atoms with E-state index in [0.717, 1.165) is 23.4 Å². The Morgan fingerprint density at radius 3 is 2.81 bits per heavy atom. The van der Waals surface area contributed by atoms with Crippen molar-refractivity contribution in [1.82, 2.24) is 0 Å². The lowest BCUT2D eigenvalue weighted by Gasteiger charge is -2.16. The molecule has 114 valence electrons. The smallest absolute Gasteiger partial charge is 0.125 e. The standard InChI is InChI=1S/C17H23NO3/c1-3-16(17-8-5-9-21-17)18-15-7-4-6-14(12-15)13-20-11-10-19-2/h4-9,12,16,18H,3,10-11,13H2,1-2H3. The van der Waals surface area contributed by atoms with Gasteiger partial charge in [-0.1, -0.05) is 19.1 Å². The third-order valence-corrected chi connectivity index (χ3v) is 3.26. The Kier molecular flexibility index (Phi) is 6.31. The van der Waals surface area contributed by atoms with Crippen LogP contribution < -0.4 is 5.32 Å². The zero-order valence-corrected chi connectivity index (χ0v) is 12.7. The molecule has 1 heterocycles. The Morgan fingerprint density at radius 1 is 1.19 bits per heavy atom. The largest absolute Gasteiger partial charge is 0.467 e. The van der Waals surface area contributed by atoms with Crippen molar-refractivity contribution in [2.45, 2.75) is 26.0 Å². The molecule has 21 heavy (non-hydrogen) atoms. The Labute approximate surface area is 126 Å². The molecule has 0 bridgehead atoms. The highest BCUT2D eigenvalue weighted by molar-refractivity contribution is 5.47. The average molecular weight is 289 g/mol. The molecule has 4 nitrogen and oxygen atoms in total. The minimum Gasteiger partial charge on any atom is -0.467 e. The number of ether oxygens (including phenoxy) is 2. The van der Waals surface area contributed by atoms with Crippen LogP contribution in [0.4, 0.5) is 5.69 Å². The first-order valence-electron chi connectivity index (χ1n) is 7.29. The van der Waals surface area contributed by atoms with Crippen LogP contribution in [0.2, 0.25) is 0 Å². The number of rotatable bonds is 9. The zero-order chi connectivity index (χ0) is 14.9. The first-order chi connectivity index (χ1) is 10.3. The highest BCUT2D eigenvalue weighted by Crippen LogP contribution is 2.23. The molecule has 0 fully saturated rings. The summed E-state index contributed by atoms with van der Waals surface area (Å²) in [5, 5.41) is 3.50. The highest BCUT2D eigenvalue weighted by atomic mass is 16.5. The first-order valence-corrected chi connectivity index (χ1v) is 7.29. The van der Waals surface area contributed by atoms with Crippen molar-refractivity contribution >= 4 is 5.69 Å². The summed E-state index contributed by atoms with van der Waals surface area (Å²) in [7, 11) is 1.67. The van der Waals surface area contributed by atoms with E-state index in [-0.39, 0.29) is 6.04 Å². The summed E-state index contributed by atoms with van der Waals surface area (Å²) >= 11 is 0. The van der Waals surface area contributed by atoms with Gasteiger partial charge < -0.3 is 19.2 Å². The number of furan rings is 1. The number of hydrogen-bond acceptors (Lipinski definition) is 4. The van der Waals surface area contributed by atoms with Crippen LogP contribution >= 0.6 is 0 Å². The normalized spacial score (nSPS) is 12.3. The van der Waals surface area contributed by atoms with E-state index in [9.17, 15) is 0 Å². The molecule has 1 aromatic carbocycles. The molecule has 1 aromatic heterocycles. The minimum atomic E-state index is 0.185. The molecule has 2 aromatic rings. The lowest BCUT2D eigenvalue weighted by molar-refractivity contribution is 0.0617. The quantitative estimate of drug-likeness (QED) is 0.708. The van der Waals surface area contributed by atoms with E-state index in [1.807, 2.05) is 18.2 Å². The van der Waals surface area contributed by atoms with Crippen LogP contribution in [0.25, 0.3) is 0 Å². The SMILES string of the molecule is CCC(Nc1cccc(COCCOC)c1)c1ccco1. The molecule has 0 aliphatic rings. The molecule has 0 aliphatic heterocycles. The predicted molar refractivity (Wildman–Crippen MR) is 83.3 cm³/mol. The lowest BCUT2D eigenvalue weighted by atomic mass is 10.1. The summed E-state index contributed by atoms with van der Waals surface area (Å²) in [4.78, 5) is 0. The fourth-order valence-electron chi connectivity index (χ4n) is 2.15. The Hall–Kier alpha value is -1.78. The zero-order valence-electron chi connectivity index (χ0n) is 12.7. The summed E-state index contributed by atoms with van der Waals surface area (Å²) in [6, 6.07) is 12.4. The molecule has 0 amide bonds. The second-order valence-electron chi connectivity index (χ2n) is 4.87. The third-order valence-electron chi connectivity index (χ3n) is 3.26. The molecular formula is C17H23NO3. The molecule has 0 spiro atoms. The van der Waals surface area contributed by atoms with Crippen molar-refractivity contribution in [3.63, 3.8) is 0 Å². The molecule has 2 rings (SSSR count). The van der Waals surface area contributed by atoms with Crippen molar-refractivity contribution in [1.29, 1.82) is 0 Å². The summed E-state index contributed by atoms with van der Waals surface area (Å²) in [6.07, 6.45) is 2.67. The van der Waals surface area contributed by atoms with Gasteiger partial charge in [-0.05, 0) is 36.2 Å². The number of nitrogens with one attached hydrogen (secondary N) is 1. The van der Waals surface area contributed by atoms with Gasteiger partial charge in [0.05, 0.1) is 32.1 Å². The maximum atomic E-state index is 5.55. The molecule has 0 radical (unpaired) electrons. The van der Waals surface area contributed by atoms with E-state index < -0.39 is 0 Å². The van der Waals surface area contributed by atoms with Crippen LogP contribution in [-0.4, -0.2) is 20.3 Å². The predicted octanol–water partition coefficient (Wildman–Crippen LogP) is 4.01. The molecule has 1 atom stereocenters. The van der Waals surface area contributed by atoms with E-state index in [0.29, 0.717) is 19.8 Å². The van der Waals surface area contributed by atoms with Crippen molar-refractivity contribution in [3.8, 4) is 0 Å². The van der Waals surface area contributed by atoms with E-state index in [2.05, 4.69) is 30.4 Å². The lowest BCUT2D eigenvalue weighted by Crippen LogP contribution is -2.09. The summed E-state index contributed by atoms with van der Waals surface area (Å²) in [5.74, 6) is 0.958. The maximum Gasteiger partial charge on any atom is 0.125 e. The second-order valence-corrected chi connectivity index (χ2v) is 4.87. The van der Waals surface area contributed by atoms with Gasteiger partial charge in [0, 0.05) is 12.8 Å². The van der Waals surface area contributed by atoms with Gasteiger partial charge in [-0.3, -0.25) is 0 Å². The van der Waals surface area contributed by atoms with Gasteiger partial charge in [0.1, 0.15) is 5.76 Å². The van der Waals surface area contributed by atoms with E-state index in [1.54, 1.807) is 13.4 Å². The van der Waals surface area contributed by atoms with Crippen molar-refractivity contribution in [3.05, 3.63) is 54.0 Å². The number of benzene rings is 1. The van der Waals surface area contributed by atoms with Crippen LogP contribution in [0.1, 0.15) is 30.7 Å². The van der Waals surface area contributed by atoms with Gasteiger partial charge in [0.15, 0.2) is 0 Å². The van der Waals surface area contributed by atoms with Crippen molar-refractivity contribution in [2.75, 3.05) is 25.6 Å². The minimum absolute atomic E-state index is 0.185. The van der Waals surface area contributed by atoms with Gasteiger partial charge in [0.2, 0.25) is 0 Å². The van der Waals surface area contributed by atoms with Gasteiger partial charge in [-0.25, -0.2) is 0 Å². The molecule has 4 heteroatoms. The summed E-state index contributed by atoms with van der Waals surface area (Å²) in [5.41, 5.74) is 2.22. The Balaban J connectivity index is 1.93. The number of methoxy groups -OCH3 is 1. The van der Waals surface area contributed by atoms with Crippen LogP contribution in [0.5, 0.6) is 0 Å². The average Bonchev–Trinajstić information content (AvgIpc) is 3.04. The van der Waals surface area contributed by atoms with Gasteiger partial charge in [-0.15, -0.1) is 0 Å². The van der Waals surface area contributed by atoms with Gasteiger partial charge in [-0.2, -0.15) is 0 Å². The van der Waals surface area contributed by atoms with E-state index in [1.165, 1.54) is 0 Å². The van der Waals surface area contributed by atoms with Gasteiger partial charge >= 0.3 is 0 Å². The molecule has 1 unspecified atom stereocenters. The number of anilines is 1. The monoisotopic (exact) mass is 289 g/mol. The van der Waals surface area contributed by atoms with E-state index in [4.69, 9.17) is 13.9 Å². The highest BCUT2D eigenvalue weighted by Gasteiger charge is 2.11. The molecule has 0 aliphatic carbocycles. The first kappa shape index (κ1) is 15.6. The second kappa shape index (κ2) is 8.49. The van der Waals surface area contributed by atoms with Crippen LogP contribution in [0.3, 0.4) is 0 Å². The molecule has 1 N–H and O–H groups in total. The van der Waals surface area contributed by atoms with Crippen LogP contribution in [0.15, 0.2) is 47.1 Å². The summed E-state index contributed by atoms with van der Waals surface area (Å²) < 4.78 is 16.0. The maximum absolute atomic E-state index is 5.55. The number of hydrogen-bond donors (Lipinski definition) is 1. The molecular weight excluding hydrogens is 266 g/mol. The topological polar surface area (TPSA) is 43.6 Å². The third kappa shape index (κ3) is 4.92.